The van der Waals surface area contributed by atoms with Crippen LogP contribution in [0.25, 0.3) is 0 Å². The van der Waals surface area contributed by atoms with Crippen LogP contribution in [0.2, 0.25) is 0 Å². The molecule has 0 atom stereocenters. The highest BCUT2D eigenvalue weighted by atomic mass is 15.4. The fourth-order valence-electron chi connectivity index (χ4n) is 2.21. The van der Waals surface area contributed by atoms with Gasteiger partial charge >= 0.3 is 0 Å². The Balaban J connectivity index is 2.08. The molecule has 1 fully saturated rings. The molecule has 0 aliphatic heterocycles. The highest BCUT2D eigenvalue weighted by molar-refractivity contribution is 4.88. The van der Waals surface area contributed by atoms with Crippen LogP contribution in [-0.4, -0.2) is 14.8 Å². The molecule has 1 aromatic heterocycles. The smallest absolute Gasteiger partial charge is 0.140 e. The van der Waals surface area contributed by atoms with E-state index in [0.717, 1.165) is 11.7 Å². The van der Waals surface area contributed by atoms with Crippen molar-refractivity contribution in [2.24, 2.45) is 11.7 Å². The van der Waals surface area contributed by atoms with Crippen LogP contribution in [0.5, 0.6) is 0 Å². The van der Waals surface area contributed by atoms with Gasteiger partial charge in [0.1, 0.15) is 12.2 Å². The molecule has 1 aliphatic rings. The zero-order chi connectivity index (χ0) is 9.97. The Bertz CT molecular complexity index is 286. The maximum Gasteiger partial charge on any atom is 0.140 e. The summed E-state index contributed by atoms with van der Waals surface area (Å²) in [7, 11) is 0. The van der Waals surface area contributed by atoms with E-state index in [2.05, 4.69) is 17.0 Å². The summed E-state index contributed by atoms with van der Waals surface area (Å²) in [4.78, 5) is 4.16. The second-order valence-electron chi connectivity index (χ2n) is 4.24. The Morgan fingerprint density at radius 3 is 2.79 bits per heavy atom. The van der Waals surface area contributed by atoms with Gasteiger partial charge in [-0.25, -0.2) is 9.67 Å². The predicted molar refractivity (Wildman–Crippen MR) is 54.6 cm³/mol. The van der Waals surface area contributed by atoms with Crippen molar-refractivity contribution in [3.05, 3.63) is 12.2 Å². The summed E-state index contributed by atoms with van der Waals surface area (Å²) in [5, 5.41) is 4.26. The van der Waals surface area contributed by atoms with Gasteiger partial charge in [0.2, 0.25) is 0 Å². The van der Waals surface area contributed by atoms with Crippen LogP contribution in [0.4, 0.5) is 0 Å². The standard InChI is InChI=1S/C10H18N4/c1-8-2-4-9(5-3-8)14-10(6-11)12-7-13-14/h7-9H,2-6,11H2,1H3. The molecule has 14 heavy (non-hydrogen) atoms. The minimum atomic E-state index is 0.492. The first kappa shape index (κ1) is 9.65. The Hall–Kier alpha value is -0.900. The van der Waals surface area contributed by atoms with Gasteiger partial charge in [0.25, 0.3) is 0 Å². The van der Waals surface area contributed by atoms with Crippen molar-refractivity contribution in [1.82, 2.24) is 14.8 Å². The van der Waals surface area contributed by atoms with Crippen LogP contribution in [-0.2, 0) is 6.54 Å². The number of nitrogens with zero attached hydrogens (tertiary/aromatic N) is 3. The molecule has 1 saturated carbocycles. The van der Waals surface area contributed by atoms with Crippen molar-refractivity contribution in [3.63, 3.8) is 0 Å². The highest BCUT2D eigenvalue weighted by Crippen LogP contribution is 2.31. The van der Waals surface area contributed by atoms with Crippen LogP contribution in [0.1, 0.15) is 44.5 Å². The fraction of sp³-hybridized carbons (Fsp3) is 0.800. The molecule has 0 aromatic carbocycles. The van der Waals surface area contributed by atoms with Crippen molar-refractivity contribution in [2.45, 2.75) is 45.2 Å². The van der Waals surface area contributed by atoms with E-state index >= 15 is 0 Å². The quantitative estimate of drug-likeness (QED) is 0.776. The minimum absolute atomic E-state index is 0.492. The van der Waals surface area contributed by atoms with Crippen LogP contribution < -0.4 is 5.73 Å². The van der Waals surface area contributed by atoms with Gasteiger partial charge in [-0.15, -0.1) is 0 Å². The van der Waals surface area contributed by atoms with Gasteiger partial charge in [-0.3, -0.25) is 0 Å². The molecule has 1 aromatic rings. The molecular weight excluding hydrogens is 176 g/mol. The van der Waals surface area contributed by atoms with Crippen molar-refractivity contribution in [2.75, 3.05) is 0 Å². The van der Waals surface area contributed by atoms with Gasteiger partial charge in [0.15, 0.2) is 0 Å². The SMILES string of the molecule is CC1CCC(n2ncnc2CN)CC1. The second-order valence-corrected chi connectivity index (χ2v) is 4.24. The van der Waals surface area contributed by atoms with Gasteiger partial charge in [-0.1, -0.05) is 6.92 Å². The van der Waals surface area contributed by atoms with Crippen LogP contribution in [0, 0.1) is 5.92 Å². The summed E-state index contributed by atoms with van der Waals surface area (Å²) in [6.07, 6.45) is 6.65. The third kappa shape index (κ3) is 1.80. The first-order chi connectivity index (χ1) is 6.81. The molecular formula is C10H18N4. The third-order valence-corrected chi connectivity index (χ3v) is 3.16. The molecule has 0 saturated heterocycles. The van der Waals surface area contributed by atoms with Crippen LogP contribution >= 0.6 is 0 Å². The van der Waals surface area contributed by atoms with E-state index in [0.29, 0.717) is 12.6 Å². The first-order valence-electron chi connectivity index (χ1n) is 5.39. The van der Waals surface area contributed by atoms with Crippen molar-refractivity contribution >= 4 is 0 Å². The normalized spacial score (nSPS) is 27.9. The Labute approximate surface area is 84.5 Å². The molecule has 0 radical (unpaired) electrons. The number of aromatic nitrogens is 3. The maximum atomic E-state index is 5.61. The molecule has 1 heterocycles. The summed E-state index contributed by atoms with van der Waals surface area (Å²) >= 11 is 0. The summed E-state index contributed by atoms with van der Waals surface area (Å²) < 4.78 is 2.02. The van der Waals surface area contributed by atoms with E-state index in [-0.39, 0.29) is 0 Å². The van der Waals surface area contributed by atoms with Gasteiger partial charge in [-0.2, -0.15) is 5.10 Å². The molecule has 0 bridgehead atoms. The topological polar surface area (TPSA) is 56.7 Å². The molecule has 4 nitrogen and oxygen atoms in total. The third-order valence-electron chi connectivity index (χ3n) is 3.16. The monoisotopic (exact) mass is 194 g/mol. The lowest BCUT2D eigenvalue weighted by molar-refractivity contribution is 0.268. The zero-order valence-electron chi connectivity index (χ0n) is 8.69. The van der Waals surface area contributed by atoms with Crippen molar-refractivity contribution < 1.29 is 0 Å². The lowest BCUT2D eigenvalue weighted by atomic mass is 9.87. The summed E-state index contributed by atoms with van der Waals surface area (Å²) in [5.41, 5.74) is 5.61. The molecule has 1 aliphatic carbocycles. The Morgan fingerprint density at radius 1 is 1.43 bits per heavy atom. The summed E-state index contributed by atoms with van der Waals surface area (Å²) in [6, 6.07) is 0.534. The molecule has 2 N–H and O–H groups in total. The van der Waals surface area contributed by atoms with E-state index in [1.165, 1.54) is 25.7 Å². The van der Waals surface area contributed by atoms with Crippen LogP contribution in [0.3, 0.4) is 0 Å². The predicted octanol–water partition coefficient (Wildman–Crippen LogP) is 1.49. The fourth-order valence-corrected chi connectivity index (χ4v) is 2.21. The number of hydrogen-bond acceptors (Lipinski definition) is 3. The number of rotatable bonds is 2. The second kappa shape index (κ2) is 4.09. The zero-order valence-corrected chi connectivity index (χ0v) is 8.69. The van der Waals surface area contributed by atoms with E-state index < -0.39 is 0 Å². The van der Waals surface area contributed by atoms with Crippen molar-refractivity contribution in [1.29, 1.82) is 0 Å². The lowest BCUT2D eigenvalue weighted by Gasteiger charge is -2.26. The van der Waals surface area contributed by atoms with E-state index in [9.17, 15) is 0 Å². The summed E-state index contributed by atoms with van der Waals surface area (Å²) in [6.45, 7) is 2.81. The molecule has 0 amide bonds. The van der Waals surface area contributed by atoms with Gasteiger partial charge < -0.3 is 5.73 Å². The average Bonchev–Trinajstić information content (AvgIpc) is 2.67. The molecule has 0 unspecified atom stereocenters. The minimum Gasteiger partial charge on any atom is -0.324 e. The van der Waals surface area contributed by atoms with Gasteiger partial charge in [-0.05, 0) is 31.6 Å². The van der Waals surface area contributed by atoms with Crippen LogP contribution in [0.15, 0.2) is 6.33 Å². The van der Waals surface area contributed by atoms with Crippen molar-refractivity contribution in [3.8, 4) is 0 Å². The van der Waals surface area contributed by atoms with Gasteiger partial charge in [0.05, 0.1) is 12.6 Å². The van der Waals surface area contributed by atoms with E-state index in [1.54, 1.807) is 6.33 Å². The molecule has 0 spiro atoms. The number of hydrogen-bond donors (Lipinski definition) is 1. The first-order valence-corrected chi connectivity index (χ1v) is 5.39. The largest absolute Gasteiger partial charge is 0.324 e. The lowest BCUT2D eigenvalue weighted by Crippen LogP contribution is -2.21. The average molecular weight is 194 g/mol. The maximum absolute atomic E-state index is 5.61. The molecule has 2 rings (SSSR count). The van der Waals surface area contributed by atoms with E-state index in [1.807, 2.05) is 4.68 Å². The Kier molecular flexibility index (Phi) is 2.82. The van der Waals surface area contributed by atoms with E-state index in [4.69, 9.17) is 5.73 Å². The molecule has 78 valence electrons. The molecule has 4 heteroatoms. The highest BCUT2D eigenvalue weighted by Gasteiger charge is 2.21. The number of nitrogens with two attached hydrogens (primary N) is 1. The summed E-state index contributed by atoms with van der Waals surface area (Å²) in [5.74, 6) is 1.79. The Morgan fingerprint density at radius 2 is 2.14 bits per heavy atom. The van der Waals surface area contributed by atoms with Gasteiger partial charge in [0, 0.05) is 0 Å².